The molecule has 1 amide bonds. The van der Waals surface area contributed by atoms with E-state index in [9.17, 15) is 13.2 Å². The highest BCUT2D eigenvalue weighted by molar-refractivity contribution is 7.92. The Bertz CT molecular complexity index is 1100. The zero-order valence-corrected chi connectivity index (χ0v) is 18.0. The van der Waals surface area contributed by atoms with Gasteiger partial charge in [0.25, 0.3) is 15.9 Å². The molecule has 1 N–H and O–H groups in total. The van der Waals surface area contributed by atoms with Crippen LogP contribution in [0.15, 0.2) is 59.5 Å². The fourth-order valence-corrected chi connectivity index (χ4v) is 4.83. The molecule has 0 fully saturated rings. The molecule has 152 valence electrons. The summed E-state index contributed by atoms with van der Waals surface area (Å²) in [6.45, 7) is 4.16. The summed E-state index contributed by atoms with van der Waals surface area (Å²) >= 11 is 1.32. The third-order valence-corrected chi connectivity index (χ3v) is 6.79. The van der Waals surface area contributed by atoms with Gasteiger partial charge in [-0.05, 0) is 36.2 Å². The number of carbonyl (C=O) groups excluding carboxylic acids is 1. The molecule has 0 aliphatic rings. The van der Waals surface area contributed by atoms with Gasteiger partial charge in [0.2, 0.25) is 5.13 Å². The Morgan fingerprint density at radius 2 is 1.83 bits per heavy atom. The van der Waals surface area contributed by atoms with Gasteiger partial charge in [-0.1, -0.05) is 49.4 Å². The summed E-state index contributed by atoms with van der Waals surface area (Å²) in [5.74, 6) is 0.00616. The fraction of sp³-hybridized carbons (Fsp3) is 0.250. The molecule has 0 aliphatic heterocycles. The molecular formula is C20H22N4O3S2. The van der Waals surface area contributed by atoms with E-state index >= 15 is 0 Å². The number of carbonyl (C=O) groups is 1. The zero-order valence-electron chi connectivity index (χ0n) is 16.4. The molecule has 9 heteroatoms. The van der Waals surface area contributed by atoms with E-state index in [1.807, 2.05) is 6.07 Å². The van der Waals surface area contributed by atoms with Crippen LogP contribution < -0.4 is 9.62 Å². The maximum absolute atomic E-state index is 12.9. The Morgan fingerprint density at radius 3 is 2.52 bits per heavy atom. The van der Waals surface area contributed by atoms with Gasteiger partial charge < -0.3 is 0 Å². The van der Waals surface area contributed by atoms with Crippen molar-refractivity contribution in [3.8, 4) is 0 Å². The van der Waals surface area contributed by atoms with Gasteiger partial charge in [0.05, 0.1) is 10.6 Å². The van der Waals surface area contributed by atoms with Gasteiger partial charge in [-0.25, -0.2) is 8.42 Å². The Hall–Kier alpha value is -2.78. The van der Waals surface area contributed by atoms with Gasteiger partial charge in [0.1, 0.15) is 5.01 Å². The molecule has 0 saturated heterocycles. The first-order chi connectivity index (χ1) is 13.8. The summed E-state index contributed by atoms with van der Waals surface area (Å²) in [7, 11) is -2.32. The second-order valence-electron chi connectivity index (χ2n) is 6.89. The lowest BCUT2D eigenvalue weighted by Gasteiger charge is -2.19. The molecule has 0 saturated carbocycles. The van der Waals surface area contributed by atoms with E-state index in [1.54, 1.807) is 36.4 Å². The van der Waals surface area contributed by atoms with Crippen molar-refractivity contribution in [2.45, 2.75) is 25.2 Å². The molecular weight excluding hydrogens is 408 g/mol. The Kier molecular flexibility index (Phi) is 6.29. The molecule has 3 rings (SSSR count). The van der Waals surface area contributed by atoms with E-state index in [0.29, 0.717) is 16.7 Å². The van der Waals surface area contributed by atoms with E-state index in [1.165, 1.54) is 34.8 Å². The van der Waals surface area contributed by atoms with Gasteiger partial charge in [-0.15, -0.1) is 10.2 Å². The monoisotopic (exact) mass is 430 g/mol. The smallest absolute Gasteiger partial charge is 0.264 e. The second-order valence-corrected chi connectivity index (χ2v) is 9.92. The van der Waals surface area contributed by atoms with Gasteiger partial charge in [-0.2, -0.15) is 0 Å². The molecule has 2 aromatic carbocycles. The van der Waals surface area contributed by atoms with Crippen molar-refractivity contribution in [3.63, 3.8) is 0 Å². The SMILES string of the molecule is CC(C)Cc1nnc(NC(=O)c2cccc(S(=O)(=O)N(C)c3ccccc3)c2)s1. The first kappa shape index (κ1) is 20.9. The lowest BCUT2D eigenvalue weighted by atomic mass is 10.1. The number of hydrogen-bond donors (Lipinski definition) is 1. The van der Waals surface area contributed by atoms with Crippen molar-refractivity contribution < 1.29 is 13.2 Å². The molecule has 0 radical (unpaired) electrons. The molecule has 0 bridgehead atoms. The van der Waals surface area contributed by atoms with Gasteiger partial charge >= 0.3 is 0 Å². The third-order valence-electron chi connectivity index (χ3n) is 4.14. The highest BCUT2D eigenvalue weighted by Gasteiger charge is 2.22. The topological polar surface area (TPSA) is 92.3 Å². The maximum Gasteiger partial charge on any atom is 0.264 e. The molecule has 1 aromatic heterocycles. The number of amides is 1. The Labute approximate surface area is 174 Å². The summed E-state index contributed by atoms with van der Waals surface area (Å²) in [5, 5.41) is 12.0. The average molecular weight is 431 g/mol. The lowest BCUT2D eigenvalue weighted by Crippen LogP contribution is -2.26. The van der Waals surface area contributed by atoms with Gasteiger partial charge in [0.15, 0.2) is 0 Å². The van der Waals surface area contributed by atoms with Gasteiger partial charge in [-0.3, -0.25) is 14.4 Å². The molecule has 0 spiro atoms. The van der Waals surface area contributed by atoms with Crippen molar-refractivity contribution in [2.24, 2.45) is 5.92 Å². The van der Waals surface area contributed by atoms with Crippen LogP contribution in [0.5, 0.6) is 0 Å². The van der Waals surface area contributed by atoms with E-state index in [-0.39, 0.29) is 10.5 Å². The van der Waals surface area contributed by atoms with Crippen molar-refractivity contribution in [2.75, 3.05) is 16.7 Å². The van der Waals surface area contributed by atoms with Crippen molar-refractivity contribution >= 4 is 38.1 Å². The van der Waals surface area contributed by atoms with Crippen molar-refractivity contribution in [1.82, 2.24) is 10.2 Å². The van der Waals surface area contributed by atoms with E-state index in [0.717, 1.165) is 11.4 Å². The number of para-hydroxylation sites is 1. The largest absolute Gasteiger partial charge is 0.296 e. The molecule has 0 atom stereocenters. The highest BCUT2D eigenvalue weighted by Crippen LogP contribution is 2.23. The first-order valence-corrected chi connectivity index (χ1v) is 11.3. The van der Waals surface area contributed by atoms with Crippen molar-refractivity contribution in [3.05, 3.63) is 65.2 Å². The highest BCUT2D eigenvalue weighted by atomic mass is 32.2. The molecule has 29 heavy (non-hydrogen) atoms. The number of anilines is 2. The number of nitrogens with one attached hydrogen (secondary N) is 1. The number of hydrogen-bond acceptors (Lipinski definition) is 6. The van der Waals surface area contributed by atoms with Crippen LogP contribution in [0.3, 0.4) is 0 Å². The summed E-state index contributed by atoms with van der Waals surface area (Å²) in [5.41, 5.74) is 0.766. The quantitative estimate of drug-likeness (QED) is 0.615. The number of nitrogens with zero attached hydrogens (tertiary/aromatic N) is 3. The maximum atomic E-state index is 12.9. The first-order valence-electron chi connectivity index (χ1n) is 9.05. The number of aromatic nitrogens is 2. The fourth-order valence-electron chi connectivity index (χ4n) is 2.64. The summed E-state index contributed by atoms with van der Waals surface area (Å²) in [4.78, 5) is 12.6. The van der Waals surface area contributed by atoms with Crippen LogP contribution in [0.4, 0.5) is 10.8 Å². The lowest BCUT2D eigenvalue weighted by molar-refractivity contribution is 0.102. The summed E-state index contributed by atoms with van der Waals surface area (Å²) < 4.78 is 27.1. The van der Waals surface area contributed by atoms with E-state index in [2.05, 4.69) is 29.4 Å². The predicted molar refractivity (Wildman–Crippen MR) is 115 cm³/mol. The van der Waals surface area contributed by atoms with Crippen LogP contribution in [-0.4, -0.2) is 31.6 Å². The third kappa shape index (κ3) is 4.99. The minimum absolute atomic E-state index is 0.0364. The minimum atomic E-state index is -3.80. The Morgan fingerprint density at radius 1 is 1.10 bits per heavy atom. The van der Waals surface area contributed by atoms with E-state index < -0.39 is 15.9 Å². The van der Waals surface area contributed by atoms with Crippen LogP contribution >= 0.6 is 11.3 Å². The molecule has 3 aromatic rings. The van der Waals surface area contributed by atoms with Crippen LogP contribution in [-0.2, 0) is 16.4 Å². The van der Waals surface area contributed by atoms with Crippen LogP contribution in [0.2, 0.25) is 0 Å². The number of sulfonamides is 1. The Balaban J connectivity index is 1.80. The predicted octanol–water partition coefficient (Wildman–Crippen LogP) is 3.81. The minimum Gasteiger partial charge on any atom is -0.296 e. The van der Waals surface area contributed by atoms with Crippen LogP contribution in [0.1, 0.15) is 29.2 Å². The number of rotatable bonds is 7. The number of benzene rings is 2. The summed E-state index contributed by atoms with van der Waals surface area (Å²) in [6.07, 6.45) is 0.785. The van der Waals surface area contributed by atoms with Crippen LogP contribution in [0, 0.1) is 5.92 Å². The molecule has 0 unspecified atom stereocenters. The van der Waals surface area contributed by atoms with Crippen molar-refractivity contribution in [1.29, 1.82) is 0 Å². The molecule has 7 nitrogen and oxygen atoms in total. The second kappa shape index (κ2) is 8.71. The normalized spacial score (nSPS) is 11.4. The standard InChI is InChI=1S/C20H22N4O3S2/c1-14(2)12-18-22-23-20(28-18)21-19(25)15-8-7-11-17(13-15)29(26,27)24(3)16-9-5-4-6-10-16/h4-11,13-14H,12H2,1-3H3,(H,21,23,25). The van der Waals surface area contributed by atoms with Gasteiger partial charge in [0, 0.05) is 19.0 Å². The average Bonchev–Trinajstić information content (AvgIpc) is 3.14. The molecule has 0 aliphatic carbocycles. The van der Waals surface area contributed by atoms with E-state index in [4.69, 9.17) is 0 Å². The molecule has 1 heterocycles. The zero-order chi connectivity index (χ0) is 21.0. The summed E-state index contributed by atoms with van der Waals surface area (Å²) in [6, 6.07) is 14.7. The van der Waals surface area contributed by atoms with Crippen LogP contribution in [0.25, 0.3) is 0 Å².